The van der Waals surface area contributed by atoms with E-state index in [2.05, 4.69) is 4.90 Å². The number of carbonyl (C=O) groups is 1. The zero-order valence-electron chi connectivity index (χ0n) is 12.4. The van der Waals surface area contributed by atoms with Gasteiger partial charge in [-0.25, -0.2) is 4.39 Å². The molecule has 2 rings (SSSR count). The Morgan fingerprint density at radius 3 is 2.80 bits per heavy atom. The number of hydrogen-bond donors (Lipinski definition) is 0. The average Bonchev–Trinajstić information content (AvgIpc) is 2.68. The SMILES string of the molecule is CCC(=O)N1CCCN(Cc2cc(F)ccc2C)CC1. The smallest absolute Gasteiger partial charge is 0.222 e. The van der Waals surface area contributed by atoms with Crippen LogP contribution in [-0.2, 0) is 11.3 Å². The van der Waals surface area contributed by atoms with Crippen LogP contribution in [0, 0.1) is 12.7 Å². The number of benzene rings is 1. The van der Waals surface area contributed by atoms with Gasteiger partial charge in [0.2, 0.25) is 5.91 Å². The number of halogens is 1. The van der Waals surface area contributed by atoms with Gasteiger partial charge in [-0.2, -0.15) is 0 Å². The van der Waals surface area contributed by atoms with Gasteiger partial charge in [-0.1, -0.05) is 13.0 Å². The molecule has 0 aromatic heterocycles. The third kappa shape index (κ3) is 3.79. The lowest BCUT2D eigenvalue weighted by Gasteiger charge is -2.22. The van der Waals surface area contributed by atoms with Crippen LogP contribution in [-0.4, -0.2) is 41.9 Å². The van der Waals surface area contributed by atoms with Crippen molar-refractivity contribution in [3.8, 4) is 0 Å². The van der Waals surface area contributed by atoms with Gasteiger partial charge in [0, 0.05) is 39.1 Å². The Bertz CT molecular complexity index is 476. The van der Waals surface area contributed by atoms with Crippen molar-refractivity contribution in [3.05, 3.63) is 35.1 Å². The summed E-state index contributed by atoms with van der Waals surface area (Å²) in [6.45, 7) is 8.12. The summed E-state index contributed by atoms with van der Waals surface area (Å²) in [6, 6.07) is 4.95. The molecule has 1 aromatic rings. The van der Waals surface area contributed by atoms with Crippen molar-refractivity contribution < 1.29 is 9.18 Å². The van der Waals surface area contributed by atoms with Crippen LogP contribution in [0.4, 0.5) is 4.39 Å². The number of aryl methyl sites for hydroxylation is 1. The highest BCUT2D eigenvalue weighted by atomic mass is 19.1. The molecular weight excluding hydrogens is 255 g/mol. The van der Waals surface area contributed by atoms with Gasteiger partial charge in [0.1, 0.15) is 5.82 Å². The molecule has 3 nitrogen and oxygen atoms in total. The Hall–Kier alpha value is -1.42. The van der Waals surface area contributed by atoms with Gasteiger partial charge in [0.05, 0.1) is 0 Å². The van der Waals surface area contributed by atoms with Crippen molar-refractivity contribution in [2.75, 3.05) is 26.2 Å². The molecule has 0 atom stereocenters. The maximum atomic E-state index is 13.3. The first kappa shape index (κ1) is 15.0. The first-order chi connectivity index (χ1) is 9.60. The Morgan fingerprint density at radius 1 is 1.25 bits per heavy atom. The molecule has 4 heteroatoms. The van der Waals surface area contributed by atoms with Crippen LogP contribution in [0.3, 0.4) is 0 Å². The van der Waals surface area contributed by atoms with Crippen LogP contribution >= 0.6 is 0 Å². The number of hydrogen-bond acceptors (Lipinski definition) is 2. The third-order valence-corrected chi connectivity index (χ3v) is 3.95. The maximum Gasteiger partial charge on any atom is 0.222 e. The summed E-state index contributed by atoms with van der Waals surface area (Å²) in [6.07, 6.45) is 1.56. The van der Waals surface area contributed by atoms with E-state index < -0.39 is 0 Å². The highest BCUT2D eigenvalue weighted by Crippen LogP contribution is 2.14. The minimum absolute atomic E-state index is 0.178. The Labute approximate surface area is 120 Å². The van der Waals surface area contributed by atoms with Crippen LogP contribution in [0.2, 0.25) is 0 Å². The number of nitrogens with zero attached hydrogens (tertiary/aromatic N) is 2. The lowest BCUT2D eigenvalue weighted by Crippen LogP contribution is -2.34. The van der Waals surface area contributed by atoms with Gasteiger partial charge in [-0.05, 0) is 36.6 Å². The number of rotatable bonds is 3. The molecule has 0 spiro atoms. The molecule has 0 bridgehead atoms. The number of carbonyl (C=O) groups excluding carboxylic acids is 1. The molecule has 110 valence electrons. The van der Waals surface area contributed by atoms with Crippen LogP contribution < -0.4 is 0 Å². The third-order valence-electron chi connectivity index (χ3n) is 3.95. The van der Waals surface area contributed by atoms with Gasteiger partial charge in [0.15, 0.2) is 0 Å². The molecular formula is C16H23FN2O. The molecule has 1 aliphatic rings. The van der Waals surface area contributed by atoms with E-state index in [9.17, 15) is 9.18 Å². The topological polar surface area (TPSA) is 23.6 Å². The second kappa shape index (κ2) is 6.84. The fourth-order valence-corrected chi connectivity index (χ4v) is 2.65. The summed E-state index contributed by atoms with van der Waals surface area (Å²) in [4.78, 5) is 16.0. The molecule has 1 saturated heterocycles. The highest BCUT2D eigenvalue weighted by molar-refractivity contribution is 5.75. The molecule has 0 unspecified atom stereocenters. The highest BCUT2D eigenvalue weighted by Gasteiger charge is 2.18. The number of amides is 1. The van der Waals surface area contributed by atoms with E-state index in [-0.39, 0.29) is 11.7 Å². The molecule has 20 heavy (non-hydrogen) atoms. The summed E-state index contributed by atoms with van der Waals surface area (Å²) in [7, 11) is 0. The van der Waals surface area contributed by atoms with Crippen molar-refractivity contribution in [1.29, 1.82) is 0 Å². The Balaban J connectivity index is 1.97. The minimum Gasteiger partial charge on any atom is -0.341 e. The normalized spacial score (nSPS) is 17.1. The van der Waals surface area contributed by atoms with Gasteiger partial charge in [-0.3, -0.25) is 9.69 Å². The predicted octanol–water partition coefficient (Wildman–Crippen LogP) is 2.58. The molecule has 0 N–H and O–H groups in total. The van der Waals surface area contributed by atoms with Crippen molar-refractivity contribution in [2.45, 2.75) is 33.2 Å². The minimum atomic E-state index is -0.178. The monoisotopic (exact) mass is 278 g/mol. The van der Waals surface area contributed by atoms with Gasteiger partial charge in [-0.15, -0.1) is 0 Å². The van der Waals surface area contributed by atoms with Gasteiger partial charge >= 0.3 is 0 Å². The van der Waals surface area contributed by atoms with Crippen molar-refractivity contribution in [3.63, 3.8) is 0 Å². The van der Waals surface area contributed by atoms with Crippen LogP contribution in [0.1, 0.15) is 30.9 Å². The van der Waals surface area contributed by atoms with E-state index in [0.717, 1.165) is 50.3 Å². The fraction of sp³-hybridized carbons (Fsp3) is 0.562. The summed E-state index contributed by atoms with van der Waals surface area (Å²) in [5.41, 5.74) is 2.16. The largest absolute Gasteiger partial charge is 0.341 e. The molecule has 1 heterocycles. The summed E-state index contributed by atoms with van der Waals surface area (Å²) in [5, 5.41) is 0. The van der Waals surface area contributed by atoms with E-state index in [4.69, 9.17) is 0 Å². The average molecular weight is 278 g/mol. The lowest BCUT2D eigenvalue weighted by molar-refractivity contribution is -0.130. The van der Waals surface area contributed by atoms with Crippen molar-refractivity contribution >= 4 is 5.91 Å². The summed E-state index contributed by atoms with van der Waals surface area (Å²) >= 11 is 0. The summed E-state index contributed by atoms with van der Waals surface area (Å²) < 4.78 is 13.3. The van der Waals surface area contributed by atoms with E-state index in [1.165, 1.54) is 6.07 Å². The molecule has 1 aromatic carbocycles. The first-order valence-corrected chi connectivity index (χ1v) is 7.35. The second-order valence-corrected chi connectivity index (χ2v) is 5.43. The quantitative estimate of drug-likeness (QED) is 0.848. The van der Waals surface area contributed by atoms with Crippen LogP contribution in [0.25, 0.3) is 0 Å². The van der Waals surface area contributed by atoms with Crippen LogP contribution in [0.15, 0.2) is 18.2 Å². The molecule has 0 radical (unpaired) electrons. The van der Waals surface area contributed by atoms with E-state index in [1.807, 2.05) is 24.8 Å². The zero-order chi connectivity index (χ0) is 14.5. The standard InChI is InChI=1S/C16H23FN2O/c1-3-16(20)19-8-4-7-18(9-10-19)12-14-11-15(17)6-5-13(14)2/h5-6,11H,3-4,7-10,12H2,1-2H3. The van der Waals surface area contributed by atoms with E-state index in [1.54, 1.807) is 6.07 Å². The van der Waals surface area contributed by atoms with Crippen molar-refractivity contribution in [2.24, 2.45) is 0 Å². The summed E-state index contributed by atoms with van der Waals surface area (Å²) in [5.74, 6) is 0.0528. The predicted molar refractivity (Wildman–Crippen MR) is 77.9 cm³/mol. The van der Waals surface area contributed by atoms with E-state index >= 15 is 0 Å². The Morgan fingerprint density at radius 2 is 2.05 bits per heavy atom. The van der Waals surface area contributed by atoms with Gasteiger partial charge < -0.3 is 4.90 Å². The zero-order valence-corrected chi connectivity index (χ0v) is 12.4. The van der Waals surface area contributed by atoms with Crippen molar-refractivity contribution in [1.82, 2.24) is 9.80 Å². The molecule has 1 aliphatic heterocycles. The van der Waals surface area contributed by atoms with E-state index in [0.29, 0.717) is 6.42 Å². The second-order valence-electron chi connectivity index (χ2n) is 5.43. The lowest BCUT2D eigenvalue weighted by atomic mass is 10.1. The molecule has 0 aliphatic carbocycles. The van der Waals surface area contributed by atoms with Gasteiger partial charge in [0.25, 0.3) is 0 Å². The van der Waals surface area contributed by atoms with Crippen LogP contribution in [0.5, 0.6) is 0 Å². The first-order valence-electron chi connectivity index (χ1n) is 7.35. The molecule has 1 fully saturated rings. The molecule has 0 saturated carbocycles. The molecule has 1 amide bonds. The fourth-order valence-electron chi connectivity index (χ4n) is 2.65. The maximum absolute atomic E-state index is 13.3. The Kier molecular flexibility index (Phi) is 5.12.